The number of rotatable bonds is 6. The lowest BCUT2D eigenvalue weighted by atomic mass is 9.95. The molecule has 1 fully saturated rings. The summed E-state index contributed by atoms with van der Waals surface area (Å²) in [5, 5.41) is 11.6. The van der Waals surface area contributed by atoms with Gasteiger partial charge in [-0.25, -0.2) is 0 Å². The van der Waals surface area contributed by atoms with E-state index in [0.29, 0.717) is 23.6 Å². The molecule has 0 spiro atoms. The van der Waals surface area contributed by atoms with Crippen molar-refractivity contribution in [2.45, 2.75) is 13.0 Å². The van der Waals surface area contributed by atoms with Crippen LogP contribution in [0.3, 0.4) is 0 Å². The number of anilines is 2. The molecule has 0 radical (unpaired) electrons. The molecule has 1 heterocycles. The fourth-order valence-electron chi connectivity index (χ4n) is 4.05. The van der Waals surface area contributed by atoms with Crippen molar-refractivity contribution in [3.63, 3.8) is 0 Å². The van der Waals surface area contributed by atoms with E-state index in [1.807, 2.05) is 68.4 Å². The van der Waals surface area contributed by atoms with Crippen molar-refractivity contribution in [2.24, 2.45) is 0 Å². The molecule has 3 aromatic rings. The number of benzene rings is 3. The molecule has 0 bridgehead atoms. The molecule has 4 rings (SSSR count). The van der Waals surface area contributed by atoms with Gasteiger partial charge < -0.3 is 14.7 Å². The lowest BCUT2D eigenvalue weighted by molar-refractivity contribution is -0.132. The molecule has 7 heteroatoms. The van der Waals surface area contributed by atoms with Crippen LogP contribution in [0.4, 0.5) is 11.4 Å². The Bertz CT molecular complexity index is 1250. The molecule has 34 heavy (non-hydrogen) atoms. The van der Waals surface area contributed by atoms with E-state index in [4.69, 9.17) is 16.3 Å². The summed E-state index contributed by atoms with van der Waals surface area (Å²) >= 11 is 6.38. The molecular formula is C27H25ClN2O4. The van der Waals surface area contributed by atoms with E-state index in [9.17, 15) is 14.7 Å². The summed E-state index contributed by atoms with van der Waals surface area (Å²) in [6.45, 7) is 2.27. The molecule has 174 valence electrons. The lowest BCUT2D eigenvalue weighted by Crippen LogP contribution is -2.29. The van der Waals surface area contributed by atoms with Crippen LogP contribution in [0.1, 0.15) is 24.1 Å². The van der Waals surface area contributed by atoms with Crippen molar-refractivity contribution < 1.29 is 19.4 Å². The molecule has 0 aromatic heterocycles. The molecule has 1 aliphatic rings. The molecule has 0 aliphatic carbocycles. The SMILES string of the molecule is CCOc1ccc(Cl)c(/C(O)=C2\C(=O)C(=O)N(c3ccc(N(C)C)cc3)C2c2ccccc2)c1. The second-order valence-electron chi connectivity index (χ2n) is 8.07. The third kappa shape index (κ3) is 4.24. The average molecular weight is 477 g/mol. The van der Waals surface area contributed by atoms with Crippen LogP contribution in [0.2, 0.25) is 5.02 Å². The summed E-state index contributed by atoms with van der Waals surface area (Å²) in [5.74, 6) is -1.34. The number of nitrogens with zero attached hydrogens (tertiary/aromatic N) is 2. The Balaban J connectivity index is 1.91. The van der Waals surface area contributed by atoms with Crippen molar-refractivity contribution in [1.82, 2.24) is 0 Å². The highest BCUT2D eigenvalue weighted by atomic mass is 35.5. The topological polar surface area (TPSA) is 70.1 Å². The van der Waals surface area contributed by atoms with Gasteiger partial charge in [-0.1, -0.05) is 41.9 Å². The van der Waals surface area contributed by atoms with E-state index in [1.54, 1.807) is 30.3 Å². The van der Waals surface area contributed by atoms with Crippen LogP contribution in [0, 0.1) is 0 Å². The molecule has 1 N–H and O–H groups in total. The van der Waals surface area contributed by atoms with E-state index in [0.717, 1.165) is 5.69 Å². The van der Waals surface area contributed by atoms with Gasteiger partial charge in [0, 0.05) is 31.0 Å². The van der Waals surface area contributed by atoms with Gasteiger partial charge in [-0.3, -0.25) is 14.5 Å². The van der Waals surface area contributed by atoms with Gasteiger partial charge >= 0.3 is 0 Å². The van der Waals surface area contributed by atoms with Crippen LogP contribution in [-0.2, 0) is 9.59 Å². The van der Waals surface area contributed by atoms with Crippen molar-refractivity contribution in [2.75, 3.05) is 30.5 Å². The Morgan fingerprint density at radius 2 is 1.71 bits per heavy atom. The number of carbonyl (C=O) groups is 2. The number of halogens is 1. The molecule has 6 nitrogen and oxygen atoms in total. The van der Waals surface area contributed by atoms with Crippen LogP contribution in [0.15, 0.2) is 78.4 Å². The fraction of sp³-hybridized carbons (Fsp3) is 0.185. The monoisotopic (exact) mass is 476 g/mol. The van der Waals surface area contributed by atoms with Gasteiger partial charge in [-0.15, -0.1) is 0 Å². The maximum Gasteiger partial charge on any atom is 0.300 e. The molecule has 0 saturated carbocycles. The van der Waals surface area contributed by atoms with Crippen molar-refractivity contribution in [1.29, 1.82) is 0 Å². The Hall–Kier alpha value is -3.77. The molecular weight excluding hydrogens is 452 g/mol. The lowest BCUT2D eigenvalue weighted by Gasteiger charge is -2.26. The fourth-order valence-corrected chi connectivity index (χ4v) is 4.26. The largest absolute Gasteiger partial charge is 0.507 e. The smallest absolute Gasteiger partial charge is 0.300 e. The quantitative estimate of drug-likeness (QED) is 0.292. The number of hydrogen-bond donors (Lipinski definition) is 1. The molecule has 3 aromatic carbocycles. The number of Topliss-reactive ketones (excluding diaryl/α,β-unsaturated/α-hetero) is 1. The molecule has 1 amide bonds. The zero-order chi connectivity index (χ0) is 24.4. The zero-order valence-corrected chi connectivity index (χ0v) is 19.9. The molecule has 1 atom stereocenters. The third-order valence-corrected chi connectivity index (χ3v) is 6.04. The second-order valence-corrected chi connectivity index (χ2v) is 8.47. The predicted octanol–water partition coefficient (Wildman–Crippen LogP) is 5.43. The molecule has 1 aliphatic heterocycles. The standard InChI is InChI=1S/C27H25ClN2O4/c1-4-34-20-14-15-22(28)21(16-20)25(31)23-24(17-8-6-5-7-9-17)30(27(33)26(23)32)19-12-10-18(11-13-19)29(2)3/h5-16,24,31H,4H2,1-3H3/b25-23+. The summed E-state index contributed by atoms with van der Waals surface area (Å²) < 4.78 is 5.54. The average Bonchev–Trinajstić information content (AvgIpc) is 3.11. The van der Waals surface area contributed by atoms with Gasteiger partial charge in [0.1, 0.15) is 11.5 Å². The number of aliphatic hydroxyl groups excluding tert-OH is 1. The van der Waals surface area contributed by atoms with E-state index >= 15 is 0 Å². The first-order valence-corrected chi connectivity index (χ1v) is 11.3. The van der Waals surface area contributed by atoms with E-state index in [1.165, 1.54) is 4.90 Å². The maximum atomic E-state index is 13.3. The van der Waals surface area contributed by atoms with Gasteiger partial charge in [0.2, 0.25) is 0 Å². The van der Waals surface area contributed by atoms with Crippen molar-refractivity contribution in [3.05, 3.63) is 94.5 Å². The summed E-state index contributed by atoms with van der Waals surface area (Å²) in [6.07, 6.45) is 0. The number of ketones is 1. The molecule has 1 saturated heterocycles. The molecule has 1 unspecified atom stereocenters. The maximum absolute atomic E-state index is 13.3. The third-order valence-electron chi connectivity index (χ3n) is 5.71. The van der Waals surface area contributed by atoms with Crippen LogP contribution in [0.5, 0.6) is 5.75 Å². The Kier molecular flexibility index (Phi) is 6.61. The first kappa shape index (κ1) is 23.4. The zero-order valence-electron chi connectivity index (χ0n) is 19.2. The minimum Gasteiger partial charge on any atom is -0.507 e. The first-order valence-electron chi connectivity index (χ1n) is 10.9. The highest BCUT2D eigenvalue weighted by molar-refractivity contribution is 6.52. The first-order chi connectivity index (χ1) is 16.3. The summed E-state index contributed by atoms with van der Waals surface area (Å²) in [4.78, 5) is 29.9. The van der Waals surface area contributed by atoms with Gasteiger partial charge in [0.15, 0.2) is 0 Å². The summed E-state index contributed by atoms with van der Waals surface area (Å²) in [7, 11) is 3.84. The normalized spacial score (nSPS) is 17.2. The van der Waals surface area contributed by atoms with E-state index in [-0.39, 0.29) is 21.9 Å². The Morgan fingerprint density at radius 3 is 2.32 bits per heavy atom. The highest BCUT2D eigenvalue weighted by Crippen LogP contribution is 2.43. The summed E-state index contributed by atoms with van der Waals surface area (Å²) in [6, 6.07) is 20.5. The van der Waals surface area contributed by atoms with Crippen molar-refractivity contribution >= 4 is 40.4 Å². The number of aliphatic hydroxyl groups is 1. The van der Waals surface area contributed by atoms with Crippen LogP contribution < -0.4 is 14.5 Å². The Morgan fingerprint density at radius 1 is 1.03 bits per heavy atom. The van der Waals surface area contributed by atoms with Gasteiger partial charge in [-0.2, -0.15) is 0 Å². The number of ether oxygens (including phenoxy) is 1. The van der Waals surface area contributed by atoms with Crippen LogP contribution in [-0.4, -0.2) is 37.5 Å². The van der Waals surface area contributed by atoms with Crippen LogP contribution >= 0.6 is 11.6 Å². The number of amides is 1. The van der Waals surface area contributed by atoms with E-state index in [2.05, 4.69) is 0 Å². The van der Waals surface area contributed by atoms with Crippen LogP contribution in [0.25, 0.3) is 5.76 Å². The van der Waals surface area contributed by atoms with Gasteiger partial charge in [0.25, 0.3) is 11.7 Å². The van der Waals surface area contributed by atoms with E-state index < -0.39 is 17.7 Å². The number of carbonyl (C=O) groups excluding carboxylic acids is 2. The minimum absolute atomic E-state index is 0.0246. The van der Waals surface area contributed by atoms with Gasteiger partial charge in [0.05, 0.1) is 23.2 Å². The van der Waals surface area contributed by atoms with Gasteiger partial charge in [-0.05, 0) is 55.0 Å². The Labute approximate surface area is 203 Å². The highest BCUT2D eigenvalue weighted by Gasteiger charge is 2.47. The number of hydrogen-bond acceptors (Lipinski definition) is 5. The summed E-state index contributed by atoms with van der Waals surface area (Å²) in [5.41, 5.74) is 2.40. The predicted molar refractivity (Wildman–Crippen MR) is 135 cm³/mol. The minimum atomic E-state index is -0.821. The van der Waals surface area contributed by atoms with Crippen molar-refractivity contribution in [3.8, 4) is 5.75 Å². The second kappa shape index (κ2) is 9.61.